The highest BCUT2D eigenvalue weighted by Crippen LogP contribution is 2.18. The van der Waals surface area contributed by atoms with Crippen molar-refractivity contribution in [2.24, 2.45) is 4.99 Å². The molecule has 0 atom stereocenters. The topological polar surface area (TPSA) is 49.3 Å². The third kappa shape index (κ3) is 5.56. The number of guanidine groups is 1. The first kappa shape index (κ1) is 18.9. The maximum Gasteiger partial charge on any atom is 0.191 e. The minimum Gasteiger partial charge on any atom is -0.357 e. The van der Waals surface area contributed by atoms with E-state index in [1.165, 1.54) is 17.0 Å². The predicted molar refractivity (Wildman–Crippen MR) is 102 cm³/mol. The fourth-order valence-corrected chi connectivity index (χ4v) is 3.41. The van der Waals surface area contributed by atoms with Crippen LogP contribution in [-0.4, -0.2) is 24.0 Å². The minimum atomic E-state index is -0.254. The van der Waals surface area contributed by atoms with Crippen LogP contribution < -0.4 is 10.6 Å². The number of aryl methyl sites for hydroxylation is 2. The van der Waals surface area contributed by atoms with E-state index in [1.807, 2.05) is 13.8 Å². The van der Waals surface area contributed by atoms with Crippen LogP contribution in [0.15, 0.2) is 27.7 Å². The number of benzene rings is 1. The Morgan fingerprint density at radius 1 is 1.33 bits per heavy atom. The molecule has 4 nitrogen and oxygen atoms in total. The summed E-state index contributed by atoms with van der Waals surface area (Å²) < 4.78 is 14.2. The molecule has 2 N–H and O–H groups in total. The lowest BCUT2D eigenvalue weighted by Crippen LogP contribution is -2.38. The Balaban J connectivity index is 1.94. The molecule has 0 saturated heterocycles. The molecule has 1 aromatic heterocycles. The van der Waals surface area contributed by atoms with Gasteiger partial charge in [-0.05, 0) is 44.5 Å². The van der Waals surface area contributed by atoms with Gasteiger partial charge in [-0.25, -0.2) is 14.4 Å². The summed E-state index contributed by atoms with van der Waals surface area (Å²) in [6, 6.07) is 4.63. The van der Waals surface area contributed by atoms with Gasteiger partial charge in [0.1, 0.15) is 5.82 Å². The molecule has 0 bridgehead atoms. The molecular weight excluding hydrogens is 391 g/mol. The smallest absolute Gasteiger partial charge is 0.191 e. The highest BCUT2D eigenvalue weighted by molar-refractivity contribution is 9.10. The van der Waals surface area contributed by atoms with Crippen molar-refractivity contribution in [1.82, 2.24) is 15.6 Å². The zero-order valence-electron chi connectivity index (χ0n) is 14.1. The lowest BCUT2D eigenvalue weighted by Gasteiger charge is -2.11. The summed E-state index contributed by atoms with van der Waals surface area (Å²) in [4.78, 5) is 10.3. The van der Waals surface area contributed by atoms with Gasteiger partial charge in [-0.2, -0.15) is 0 Å². The van der Waals surface area contributed by atoms with E-state index in [2.05, 4.69) is 43.5 Å². The van der Waals surface area contributed by atoms with E-state index in [0.29, 0.717) is 6.54 Å². The highest BCUT2D eigenvalue weighted by atomic mass is 79.9. The van der Waals surface area contributed by atoms with Gasteiger partial charge in [0.05, 0.1) is 17.2 Å². The largest absolute Gasteiger partial charge is 0.357 e. The van der Waals surface area contributed by atoms with Crippen LogP contribution in [0, 0.1) is 19.7 Å². The number of hydrogen-bond acceptors (Lipinski definition) is 3. The molecule has 0 unspecified atom stereocenters. The van der Waals surface area contributed by atoms with Crippen LogP contribution in [0.5, 0.6) is 0 Å². The summed E-state index contributed by atoms with van der Waals surface area (Å²) in [5.74, 6) is 0.467. The summed E-state index contributed by atoms with van der Waals surface area (Å²) >= 11 is 5.16. The molecule has 0 aliphatic heterocycles. The van der Waals surface area contributed by atoms with Gasteiger partial charge in [-0.15, -0.1) is 11.3 Å². The molecule has 1 heterocycles. The quantitative estimate of drug-likeness (QED) is 0.557. The molecule has 0 saturated carbocycles. The molecule has 7 heteroatoms. The van der Waals surface area contributed by atoms with Crippen molar-refractivity contribution in [3.05, 3.63) is 49.6 Å². The van der Waals surface area contributed by atoms with Crippen LogP contribution in [0.2, 0.25) is 0 Å². The van der Waals surface area contributed by atoms with Gasteiger partial charge in [0.2, 0.25) is 0 Å². The third-order valence-electron chi connectivity index (χ3n) is 3.46. The summed E-state index contributed by atoms with van der Waals surface area (Å²) in [5, 5.41) is 7.63. The molecule has 130 valence electrons. The van der Waals surface area contributed by atoms with Gasteiger partial charge < -0.3 is 10.6 Å². The van der Waals surface area contributed by atoms with Crippen molar-refractivity contribution in [3.8, 4) is 0 Å². The lowest BCUT2D eigenvalue weighted by atomic mass is 10.2. The number of thiazole rings is 1. The zero-order chi connectivity index (χ0) is 17.5. The number of halogens is 2. The monoisotopic (exact) mass is 412 g/mol. The predicted octanol–water partition coefficient (Wildman–Crippen LogP) is 3.96. The summed E-state index contributed by atoms with van der Waals surface area (Å²) in [6.45, 7) is 8.07. The Bertz CT molecular complexity index is 695. The Labute approximate surface area is 154 Å². The van der Waals surface area contributed by atoms with Gasteiger partial charge in [0.25, 0.3) is 0 Å². The van der Waals surface area contributed by atoms with Crippen molar-refractivity contribution in [1.29, 1.82) is 0 Å². The number of hydrogen-bond donors (Lipinski definition) is 2. The van der Waals surface area contributed by atoms with Gasteiger partial charge >= 0.3 is 0 Å². The number of nitrogens with zero attached hydrogens (tertiary/aromatic N) is 2. The molecule has 0 aliphatic rings. The Kier molecular flexibility index (Phi) is 7.17. The normalized spacial score (nSPS) is 11.6. The zero-order valence-corrected chi connectivity index (χ0v) is 16.5. The molecule has 0 aliphatic carbocycles. The molecule has 2 aromatic rings. The summed E-state index contributed by atoms with van der Waals surface area (Å²) in [5.41, 5.74) is 1.92. The molecule has 0 amide bonds. The average molecular weight is 413 g/mol. The second kappa shape index (κ2) is 9.13. The van der Waals surface area contributed by atoms with E-state index >= 15 is 0 Å². The fraction of sp³-hybridized carbons (Fsp3) is 0.412. The molecule has 24 heavy (non-hydrogen) atoms. The Morgan fingerprint density at radius 2 is 2.12 bits per heavy atom. The molecule has 0 radical (unpaired) electrons. The van der Waals surface area contributed by atoms with Crippen LogP contribution in [0.25, 0.3) is 0 Å². The Hall–Kier alpha value is -1.47. The van der Waals surface area contributed by atoms with Crippen molar-refractivity contribution < 1.29 is 4.39 Å². The number of aliphatic imine (C=N–C) groups is 1. The van der Waals surface area contributed by atoms with E-state index in [-0.39, 0.29) is 5.82 Å². The van der Waals surface area contributed by atoms with Crippen molar-refractivity contribution >= 4 is 33.2 Å². The van der Waals surface area contributed by atoms with Crippen LogP contribution in [0.4, 0.5) is 4.39 Å². The Morgan fingerprint density at radius 3 is 2.79 bits per heavy atom. The lowest BCUT2D eigenvalue weighted by molar-refractivity contribution is 0.625. The SMILES string of the molecule is CCNC(=NCc1cc(F)ccc1Br)NCCc1nc(C)c(C)s1. The maximum atomic E-state index is 13.3. The molecule has 0 fully saturated rings. The first-order valence-electron chi connectivity index (χ1n) is 7.88. The van der Waals surface area contributed by atoms with Gasteiger partial charge in [-0.3, -0.25) is 0 Å². The van der Waals surface area contributed by atoms with Crippen molar-refractivity contribution in [2.45, 2.75) is 33.7 Å². The molecule has 0 spiro atoms. The number of nitrogens with one attached hydrogen (secondary N) is 2. The van der Waals surface area contributed by atoms with E-state index in [4.69, 9.17) is 0 Å². The van der Waals surface area contributed by atoms with Gasteiger partial charge in [-0.1, -0.05) is 15.9 Å². The van der Waals surface area contributed by atoms with Crippen LogP contribution in [-0.2, 0) is 13.0 Å². The second-order valence-corrected chi connectivity index (χ2v) is 7.50. The number of rotatable bonds is 6. The molecular formula is C17H22BrFN4S. The van der Waals surface area contributed by atoms with E-state index < -0.39 is 0 Å². The van der Waals surface area contributed by atoms with Gasteiger partial charge in [0, 0.05) is 28.9 Å². The van der Waals surface area contributed by atoms with Crippen molar-refractivity contribution in [3.63, 3.8) is 0 Å². The summed E-state index contributed by atoms with van der Waals surface area (Å²) in [6.07, 6.45) is 0.855. The highest BCUT2D eigenvalue weighted by Gasteiger charge is 2.05. The first-order valence-corrected chi connectivity index (χ1v) is 9.49. The third-order valence-corrected chi connectivity index (χ3v) is 5.37. The van der Waals surface area contributed by atoms with E-state index in [1.54, 1.807) is 17.4 Å². The second-order valence-electron chi connectivity index (χ2n) is 5.36. The van der Waals surface area contributed by atoms with Crippen LogP contribution >= 0.6 is 27.3 Å². The fourth-order valence-electron chi connectivity index (χ4n) is 2.10. The standard InChI is InChI=1S/C17H22BrFN4S/c1-4-20-17(21-8-7-16-23-11(2)12(3)24-16)22-10-13-9-14(19)5-6-15(13)18/h5-6,9H,4,7-8,10H2,1-3H3,(H2,20,21,22). The first-order chi connectivity index (χ1) is 11.5. The summed E-state index contributed by atoms with van der Waals surface area (Å²) in [7, 11) is 0. The molecule has 1 aromatic carbocycles. The van der Waals surface area contributed by atoms with Gasteiger partial charge in [0.15, 0.2) is 5.96 Å². The van der Waals surface area contributed by atoms with E-state index in [9.17, 15) is 4.39 Å². The average Bonchev–Trinajstić information content (AvgIpc) is 2.86. The van der Waals surface area contributed by atoms with Crippen LogP contribution in [0.1, 0.15) is 28.1 Å². The minimum absolute atomic E-state index is 0.254. The van der Waals surface area contributed by atoms with E-state index in [0.717, 1.165) is 46.2 Å². The van der Waals surface area contributed by atoms with Crippen molar-refractivity contribution in [2.75, 3.05) is 13.1 Å². The maximum absolute atomic E-state index is 13.3. The van der Waals surface area contributed by atoms with Crippen LogP contribution in [0.3, 0.4) is 0 Å². The number of aromatic nitrogens is 1. The molecule has 2 rings (SSSR count).